The van der Waals surface area contributed by atoms with Crippen LogP contribution in [0.5, 0.6) is 0 Å². The summed E-state index contributed by atoms with van der Waals surface area (Å²) < 4.78 is 0.819. The van der Waals surface area contributed by atoms with Crippen molar-refractivity contribution in [2.24, 2.45) is 0 Å². The lowest BCUT2D eigenvalue weighted by atomic mass is 10.3. The summed E-state index contributed by atoms with van der Waals surface area (Å²) in [5.74, 6) is 0.626. The highest BCUT2D eigenvalue weighted by atomic mass is 79.9. The summed E-state index contributed by atoms with van der Waals surface area (Å²) in [5.41, 5.74) is 0. The minimum absolute atomic E-state index is 0.0739. The molecular weight excluding hydrogens is 252 g/mol. The zero-order valence-electron chi connectivity index (χ0n) is 7.56. The summed E-state index contributed by atoms with van der Waals surface area (Å²) >= 11 is 4.87. The largest absolute Gasteiger partial charge is 0.310 e. The predicted molar refractivity (Wildman–Crippen MR) is 58.1 cm³/mol. The number of amides is 1. The summed E-state index contributed by atoms with van der Waals surface area (Å²) in [7, 11) is 0. The van der Waals surface area contributed by atoms with E-state index in [0.29, 0.717) is 5.82 Å². The number of halogens is 1. The van der Waals surface area contributed by atoms with E-state index in [9.17, 15) is 4.79 Å². The summed E-state index contributed by atoms with van der Waals surface area (Å²) in [6.45, 7) is 3.59. The Morgan fingerprint density at radius 3 is 2.92 bits per heavy atom. The number of hydrogen-bond acceptors (Lipinski definition) is 3. The molecule has 0 bridgehead atoms. The summed E-state index contributed by atoms with van der Waals surface area (Å²) in [6.07, 6.45) is 2.01. The Hall–Kier alpha value is -0.420. The van der Waals surface area contributed by atoms with Gasteiger partial charge in [0, 0.05) is 11.8 Å². The topological polar surface area (TPSA) is 42.0 Å². The Morgan fingerprint density at radius 1 is 1.69 bits per heavy atom. The highest BCUT2D eigenvalue weighted by Gasteiger charge is 2.09. The fraction of sp³-hybridized carbons (Fsp3) is 0.500. The smallest absolute Gasteiger partial charge is 0.222 e. The molecule has 1 rings (SSSR count). The van der Waals surface area contributed by atoms with Gasteiger partial charge in [-0.2, -0.15) is 0 Å². The van der Waals surface area contributed by atoms with E-state index in [1.54, 1.807) is 11.3 Å². The first-order chi connectivity index (χ1) is 6.13. The average Bonchev–Trinajstić information content (AvgIpc) is 2.31. The van der Waals surface area contributed by atoms with Gasteiger partial charge in [0.2, 0.25) is 5.91 Å². The molecule has 0 aliphatic rings. The SMILES string of the molecule is CCCc1sc(Br)nc1NC(C)=O. The highest BCUT2D eigenvalue weighted by Crippen LogP contribution is 2.28. The molecule has 13 heavy (non-hydrogen) atoms. The van der Waals surface area contributed by atoms with Gasteiger partial charge in [0.25, 0.3) is 0 Å². The Labute approximate surface area is 89.7 Å². The minimum atomic E-state index is -0.0739. The van der Waals surface area contributed by atoms with E-state index in [0.717, 1.165) is 21.6 Å². The number of carbonyl (C=O) groups excluding carboxylic acids is 1. The monoisotopic (exact) mass is 262 g/mol. The molecule has 1 aromatic heterocycles. The van der Waals surface area contributed by atoms with Crippen molar-refractivity contribution in [3.63, 3.8) is 0 Å². The number of aryl methyl sites for hydroxylation is 1. The molecule has 0 unspecified atom stereocenters. The first-order valence-electron chi connectivity index (χ1n) is 4.06. The molecule has 5 heteroatoms. The van der Waals surface area contributed by atoms with Crippen molar-refractivity contribution in [3.8, 4) is 0 Å². The molecule has 0 saturated carbocycles. The number of thiazole rings is 1. The maximum atomic E-state index is 10.8. The van der Waals surface area contributed by atoms with Crippen LogP contribution in [0, 0.1) is 0 Å². The maximum Gasteiger partial charge on any atom is 0.222 e. The maximum absolute atomic E-state index is 10.8. The molecule has 1 aromatic rings. The molecule has 1 amide bonds. The van der Waals surface area contributed by atoms with Crippen molar-refractivity contribution in [1.82, 2.24) is 4.98 Å². The number of carbonyl (C=O) groups is 1. The van der Waals surface area contributed by atoms with E-state index < -0.39 is 0 Å². The first-order valence-corrected chi connectivity index (χ1v) is 5.67. The fourth-order valence-corrected chi connectivity index (χ4v) is 2.59. The van der Waals surface area contributed by atoms with Crippen LogP contribution in [0.25, 0.3) is 0 Å². The molecule has 3 nitrogen and oxygen atoms in total. The number of aromatic nitrogens is 1. The van der Waals surface area contributed by atoms with E-state index >= 15 is 0 Å². The molecule has 0 radical (unpaired) electrons. The lowest BCUT2D eigenvalue weighted by Crippen LogP contribution is -2.07. The molecule has 0 fully saturated rings. The normalized spacial score (nSPS) is 10.1. The van der Waals surface area contributed by atoms with Crippen molar-refractivity contribution in [2.75, 3.05) is 5.32 Å². The lowest BCUT2D eigenvalue weighted by Gasteiger charge is -1.99. The van der Waals surface area contributed by atoms with Crippen LogP contribution in [-0.4, -0.2) is 10.9 Å². The Kier molecular flexibility index (Phi) is 3.87. The van der Waals surface area contributed by atoms with Crippen molar-refractivity contribution in [1.29, 1.82) is 0 Å². The second-order valence-electron chi connectivity index (χ2n) is 2.67. The Bertz CT molecular complexity index is 311. The summed E-state index contributed by atoms with van der Waals surface area (Å²) in [4.78, 5) is 16.1. The van der Waals surface area contributed by atoms with Crippen molar-refractivity contribution in [2.45, 2.75) is 26.7 Å². The summed E-state index contributed by atoms with van der Waals surface area (Å²) in [5, 5.41) is 2.71. The number of nitrogens with zero attached hydrogens (tertiary/aromatic N) is 1. The number of rotatable bonds is 3. The number of anilines is 1. The average molecular weight is 263 g/mol. The van der Waals surface area contributed by atoms with Gasteiger partial charge in [-0.1, -0.05) is 13.3 Å². The molecule has 1 N–H and O–H groups in total. The van der Waals surface area contributed by atoms with Gasteiger partial charge in [0.05, 0.1) is 0 Å². The van der Waals surface area contributed by atoms with Crippen LogP contribution in [0.2, 0.25) is 0 Å². The first kappa shape index (κ1) is 10.7. The quantitative estimate of drug-likeness (QED) is 0.911. The van der Waals surface area contributed by atoms with E-state index in [2.05, 4.69) is 33.2 Å². The molecular formula is C8H11BrN2OS. The van der Waals surface area contributed by atoms with Gasteiger partial charge in [-0.15, -0.1) is 11.3 Å². The van der Waals surface area contributed by atoms with E-state index in [-0.39, 0.29) is 5.91 Å². The van der Waals surface area contributed by atoms with Crippen LogP contribution in [0.4, 0.5) is 5.82 Å². The molecule has 0 aromatic carbocycles. The highest BCUT2D eigenvalue weighted by molar-refractivity contribution is 9.11. The van der Waals surface area contributed by atoms with Crippen LogP contribution < -0.4 is 5.32 Å². The van der Waals surface area contributed by atoms with E-state index in [1.807, 2.05) is 0 Å². The van der Waals surface area contributed by atoms with Gasteiger partial charge >= 0.3 is 0 Å². The third kappa shape index (κ3) is 3.08. The van der Waals surface area contributed by atoms with Crippen LogP contribution in [0.1, 0.15) is 25.1 Å². The molecule has 0 aliphatic heterocycles. The zero-order valence-corrected chi connectivity index (χ0v) is 9.96. The molecule has 0 spiro atoms. The molecule has 0 saturated heterocycles. The third-order valence-corrected chi connectivity index (χ3v) is 3.01. The van der Waals surface area contributed by atoms with Gasteiger partial charge in [0.1, 0.15) is 5.82 Å². The van der Waals surface area contributed by atoms with Gasteiger partial charge < -0.3 is 5.32 Å². The third-order valence-electron chi connectivity index (χ3n) is 1.44. The number of nitrogens with one attached hydrogen (secondary N) is 1. The minimum Gasteiger partial charge on any atom is -0.310 e. The van der Waals surface area contributed by atoms with Crippen molar-refractivity contribution >= 4 is 39.0 Å². The van der Waals surface area contributed by atoms with Gasteiger partial charge in [-0.05, 0) is 22.4 Å². The predicted octanol–water partition coefficient (Wildman–Crippen LogP) is 2.82. The molecule has 1 heterocycles. The Balaban J connectivity index is 2.83. The van der Waals surface area contributed by atoms with Crippen LogP contribution in [-0.2, 0) is 11.2 Å². The standard InChI is InChI=1S/C8H11BrN2OS/c1-3-4-6-7(10-5(2)12)11-8(9)13-6/h3-4H2,1-2H3,(H,10,12). The van der Waals surface area contributed by atoms with Gasteiger partial charge in [-0.25, -0.2) is 4.98 Å². The van der Waals surface area contributed by atoms with Crippen molar-refractivity contribution < 1.29 is 4.79 Å². The van der Waals surface area contributed by atoms with Crippen molar-refractivity contribution in [3.05, 3.63) is 8.79 Å². The molecule has 0 atom stereocenters. The second kappa shape index (κ2) is 4.72. The summed E-state index contributed by atoms with van der Waals surface area (Å²) in [6, 6.07) is 0. The zero-order chi connectivity index (χ0) is 9.84. The van der Waals surface area contributed by atoms with Gasteiger partial charge in [-0.3, -0.25) is 4.79 Å². The van der Waals surface area contributed by atoms with Crippen LogP contribution >= 0.6 is 27.3 Å². The molecule has 0 aliphatic carbocycles. The lowest BCUT2D eigenvalue weighted by molar-refractivity contribution is -0.114. The fourth-order valence-electron chi connectivity index (χ4n) is 0.984. The molecule has 72 valence electrons. The van der Waals surface area contributed by atoms with Gasteiger partial charge in [0.15, 0.2) is 3.92 Å². The van der Waals surface area contributed by atoms with E-state index in [4.69, 9.17) is 0 Å². The number of hydrogen-bond donors (Lipinski definition) is 1. The van der Waals surface area contributed by atoms with E-state index in [1.165, 1.54) is 6.92 Å². The van der Waals surface area contributed by atoms with Crippen LogP contribution in [0.15, 0.2) is 3.92 Å². The second-order valence-corrected chi connectivity index (χ2v) is 5.03. The Morgan fingerprint density at radius 2 is 2.38 bits per heavy atom. The van der Waals surface area contributed by atoms with Crippen LogP contribution in [0.3, 0.4) is 0 Å².